The van der Waals surface area contributed by atoms with Crippen molar-refractivity contribution in [2.24, 2.45) is 5.92 Å². The van der Waals surface area contributed by atoms with Gasteiger partial charge < -0.3 is 25.2 Å². The van der Waals surface area contributed by atoms with E-state index >= 15 is 0 Å². The van der Waals surface area contributed by atoms with Crippen LogP contribution in [0.4, 0.5) is 4.79 Å². The summed E-state index contributed by atoms with van der Waals surface area (Å²) < 4.78 is 11.6. The quantitative estimate of drug-likeness (QED) is 0.292. The first-order valence-electron chi connectivity index (χ1n) is 13.5. The molecule has 3 aromatic carbocycles. The minimum atomic E-state index is -1.17. The third-order valence-electron chi connectivity index (χ3n) is 7.05. The first kappa shape index (κ1) is 28.8. The van der Waals surface area contributed by atoms with Gasteiger partial charge in [-0.15, -0.1) is 0 Å². The number of carbonyl (C=O) groups excluding carboxylic acids is 2. The number of carboxylic acid groups (broad SMARTS) is 1. The Labute approximate surface area is 234 Å². The molecule has 0 aliphatic heterocycles. The van der Waals surface area contributed by atoms with Crippen molar-refractivity contribution in [3.63, 3.8) is 0 Å². The lowest BCUT2D eigenvalue weighted by Gasteiger charge is -2.27. The Morgan fingerprint density at radius 1 is 0.825 bits per heavy atom. The predicted molar refractivity (Wildman–Crippen MR) is 152 cm³/mol. The zero-order chi connectivity index (χ0) is 28.6. The zero-order valence-corrected chi connectivity index (χ0v) is 23.0. The summed E-state index contributed by atoms with van der Waals surface area (Å²) in [5, 5.41) is 14.8. The van der Waals surface area contributed by atoms with Gasteiger partial charge in [0.1, 0.15) is 18.7 Å². The Kier molecular flexibility index (Phi) is 9.56. The van der Waals surface area contributed by atoms with Gasteiger partial charge in [-0.2, -0.15) is 0 Å². The summed E-state index contributed by atoms with van der Waals surface area (Å²) in [5.41, 5.74) is 5.26. The molecule has 0 heterocycles. The molecule has 3 aromatic rings. The number of hydrogen-bond acceptors (Lipinski definition) is 5. The summed E-state index contributed by atoms with van der Waals surface area (Å²) in [5.74, 6) is -1.89. The summed E-state index contributed by atoms with van der Waals surface area (Å²) >= 11 is 0. The Morgan fingerprint density at radius 2 is 1.40 bits per heavy atom. The van der Waals surface area contributed by atoms with Gasteiger partial charge in [0.15, 0.2) is 0 Å². The first-order chi connectivity index (χ1) is 19.2. The highest BCUT2D eigenvalue weighted by atomic mass is 16.5. The maximum atomic E-state index is 13.3. The maximum absolute atomic E-state index is 13.3. The van der Waals surface area contributed by atoms with Gasteiger partial charge in [-0.05, 0) is 47.1 Å². The van der Waals surface area contributed by atoms with Gasteiger partial charge in [-0.1, -0.05) is 92.7 Å². The van der Waals surface area contributed by atoms with E-state index in [0.29, 0.717) is 0 Å². The molecule has 4 rings (SSSR count). The normalized spacial score (nSPS) is 14.5. The summed E-state index contributed by atoms with van der Waals surface area (Å²) in [7, 11) is 0. The van der Waals surface area contributed by atoms with Gasteiger partial charge in [0.25, 0.3) is 0 Å². The second-order valence-electron chi connectivity index (χ2n) is 10.5. The lowest BCUT2D eigenvalue weighted by molar-refractivity contribution is -0.143. The Balaban J connectivity index is 1.46. The van der Waals surface area contributed by atoms with E-state index in [2.05, 4.69) is 22.8 Å². The fourth-order valence-electron chi connectivity index (χ4n) is 5.02. The number of hydrogen-bond donors (Lipinski definition) is 3. The number of carbonyl (C=O) groups is 3. The number of nitrogens with one attached hydrogen (secondary N) is 2. The van der Waals surface area contributed by atoms with Crippen molar-refractivity contribution in [2.45, 2.75) is 57.9 Å². The van der Waals surface area contributed by atoms with Crippen molar-refractivity contribution in [1.29, 1.82) is 0 Å². The molecule has 0 saturated carbocycles. The van der Waals surface area contributed by atoms with Crippen molar-refractivity contribution >= 4 is 18.0 Å². The SMILES string of the molecule is CC(C)CC(NC(=O)C(NC(=O)OCC1c2ccccc2-c2ccccc21)C(C)OCc1ccccc1)C(=O)O. The molecule has 0 aromatic heterocycles. The van der Waals surface area contributed by atoms with E-state index in [0.717, 1.165) is 27.8 Å². The van der Waals surface area contributed by atoms with E-state index in [4.69, 9.17) is 9.47 Å². The molecule has 3 unspecified atom stereocenters. The zero-order valence-electron chi connectivity index (χ0n) is 23.0. The average molecular weight is 545 g/mol. The molecule has 3 N–H and O–H groups in total. The molecule has 8 nitrogen and oxygen atoms in total. The minimum Gasteiger partial charge on any atom is -0.480 e. The number of carboxylic acids is 1. The number of amides is 2. The average Bonchev–Trinajstić information content (AvgIpc) is 3.27. The van der Waals surface area contributed by atoms with Crippen LogP contribution in [0, 0.1) is 5.92 Å². The summed E-state index contributed by atoms with van der Waals surface area (Å²) in [4.78, 5) is 38.1. The van der Waals surface area contributed by atoms with Crippen LogP contribution in [0.5, 0.6) is 0 Å². The highest BCUT2D eigenvalue weighted by Gasteiger charge is 2.33. The standard InChI is InChI=1S/C32H36N2O6/c1-20(2)17-28(31(36)37)33-30(35)29(21(3)39-18-22-11-5-4-6-12-22)34-32(38)40-19-27-25-15-9-7-13-23(25)24-14-8-10-16-26(24)27/h4-16,20-21,27-29H,17-19H2,1-3H3,(H,33,35)(H,34,38)(H,36,37). The van der Waals surface area contributed by atoms with Crippen molar-refractivity contribution in [3.05, 3.63) is 95.6 Å². The Bertz CT molecular complexity index is 1280. The maximum Gasteiger partial charge on any atom is 0.407 e. The molecule has 40 heavy (non-hydrogen) atoms. The van der Waals surface area contributed by atoms with E-state index in [1.54, 1.807) is 6.92 Å². The van der Waals surface area contributed by atoms with Crippen LogP contribution < -0.4 is 10.6 Å². The highest BCUT2D eigenvalue weighted by molar-refractivity contribution is 5.89. The van der Waals surface area contributed by atoms with Crippen molar-refractivity contribution < 1.29 is 29.0 Å². The van der Waals surface area contributed by atoms with Crippen LogP contribution in [0.2, 0.25) is 0 Å². The van der Waals surface area contributed by atoms with Crippen LogP contribution in [-0.4, -0.2) is 47.9 Å². The van der Waals surface area contributed by atoms with Gasteiger partial charge in [-0.25, -0.2) is 9.59 Å². The number of ether oxygens (including phenoxy) is 2. The predicted octanol–water partition coefficient (Wildman–Crippen LogP) is 5.11. The van der Waals surface area contributed by atoms with E-state index in [9.17, 15) is 19.5 Å². The highest BCUT2D eigenvalue weighted by Crippen LogP contribution is 2.44. The van der Waals surface area contributed by atoms with Crippen molar-refractivity contribution in [3.8, 4) is 11.1 Å². The fourth-order valence-corrected chi connectivity index (χ4v) is 5.02. The summed E-state index contributed by atoms with van der Waals surface area (Å²) in [6, 6.07) is 23.2. The van der Waals surface area contributed by atoms with E-state index in [1.165, 1.54) is 0 Å². The second-order valence-corrected chi connectivity index (χ2v) is 10.5. The van der Waals surface area contributed by atoms with Crippen LogP contribution in [0.3, 0.4) is 0 Å². The largest absolute Gasteiger partial charge is 0.480 e. The monoisotopic (exact) mass is 544 g/mol. The Morgan fingerprint density at radius 3 is 1.98 bits per heavy atom. The molecule has 2 amide bonds. The molecule has 3 atom stereocenters. The van der Waals surface area contributed by atoms with Crippen molar-refractivity contribution in [1.82, 2.24) is 10.6 Å². The smallest absolute Gasteiger partial charge is 0.407 e. The van der Waals surface area contributed by atoms with Gasteiger partial charge in [0, 0.05) is 5.92 Å². The molecular weight excluding hydrogens is 508 g/mol. The molecule has 8 heteroatoms. The minimum absolute atomic E-state index is 0.0432. The number of fused-ring (bicyclic) bond motifs is 3. The number of aliphatic carboxylic acids is 1. The van der Waals surface area contributed by atoms with E-state index in [1.807, 2.05) is 80.6 Å². The molecule has 1 aliphatic carbocycles. The van der Waals surface area contributed by atoms with Gasteiger partial charge in [0.2, 0.25) is 5.91 Å². The summed E-state index contributed by atoms with van der Waals surface area (Å²) in [6.07, 6.45) is -1.31. The summed E-state index contributed by atoms with van der Waals surface area (Å²) in [6.45, 7) is 5.71. The van der Waals surface area contributed by atoms with Crippen LogP contribution in [0.25, 0.3) is 11.1 Å². The lowest BCUT2D eigenvalue weighted by atomic mass is 9.98. The van der Waals surface area contributed by atoms with Gasteiger partial charge >= 0.3 is 12.1 Å². The molecule has 0 saturated heterocycles. The number of benzene rings is 3. The Hall–Kier alpha value is -4.17. The third kappa shape index (κ3) is 7.07. The van der Waals surface area contributed by atoms with Crippen LogP contribution in [0.15, 0.2) is 78.9 Å². The topological polar surface area (TPSA) is 114 Å². The molecular formula is C32H36N2O6. The van der Waals surface area contributed by atoms with Crippen LogP contribution >= 0.6 is 0 Å². The molecule has 0 bridgehead atoms. The number of alkyl carbamates (subject to hydrolysis) is 1. The van der Waals surface area contributed by atoms with Gasteiger partial charge in [0.05, 0.1) is 12.7 Å². The molecule has 0 radical (unpaired) electrons. The van der Waals surface area contributed by atoms with E-state index in [-0.39, 0.29) is 31.5 Å². The lowest BCUT2D eigenvalue weighted by Crippen LogP contribution is -2.56. The number of rotatable bonds is 12. The molecule has 1 aliphatic rings. The fraction of sp³-hybridized carbons (Fsp3) is 0.344. The third-order valence-corrected chi connectivity index (χ3v) is 7.05. The van der Waals surface area contributed by atoms with Crippen LogP contribution in [-0.2, 0) is 25.7 Å². The molecule has 0 spiro atoms. The first-order valence-corrected chi connectivity index (χ1v) is 13.5. The molecule has 0 fully saturated rings. The molecule has 210 valence electrons. The van der Waals surface area contributed by atoms with Crippen molar-refractivity contribution in [2.75, 3.05) is 6.61 Å². The van der Waals surface area contributed by atoms with Crippen LogP contribution in [0.1, 0.15) is 49.8 Å². The van der Waals surface area contributed by atoms with E-state index < -0.39 is 36.2 Å². The van der Waals surface area contributed by atoms with Gasteiger partial charge in [-0.3, -0.25) is 4.79 Å². The second kappa shape index (κ2) is 13.3.